The number of esters is 1. The van der Waals surface area contributed by atoms with Crippen molar-refractivity contribution >= 4 is 5.97 Å². The van der Waals surface area contributed by atoms with Crippen molar-refractivity contribution in [2.75, 3.05) is 0 Å². The molecular formula is C15H12O3. The summed E-state index contributed by atoms with van der Waals surface area (Å²) in [6.45, 7) is 0. The summed E-state index contributed by atoms with van der Waals surface area (Å²) in [5.41, 5.74) is 2.44. The van der Waals surface area contributed by atoms with Crippen molar-refractivity contribution in [1.29, 1.82) is 0 Å². The Hall–Kier alpha value is -2.29. The zero-order chi connectivity index (χ0) is 12.5. The molecule has 3 heteroatoms. The van der Waals surface area contributed by atoms with Crippen LogP contribution in [0.5, 0.6) is 5.75 Å². The molecule has 2 aromatic rings. The predicted molar refractivity (Wildman–Crippen MR) is 66.4 cm³/mol. The van der Waals surface area contributed by atoms with Gasteiger partial charge < -0.3 is 9.84 Å². The van der Waals surface area contributed by atoms with Crippen molar-refractivity contribution in [3.05, 3.63) is 65.2 Å². The molecule has 0 aromatic heterocycles. The molecule has 0 spiro atoms. The number of hydrogen-bond donors (Lipinski definition) is 1. The summed E-state index contributed by atoms with van der Waals surface area (Å²) in [5.74, 6) is -0.118. The smallest absolute Gasteiger partial charge is 0.339 e. The Bertz CT molecular complexity index is 604. The lowest BCUT2D eigenvalue weighted by Gasteiger charge is -2.24. The van der Waals surface area contributed by atoms with Gasteiger partial charge in [0.2, 0.25) is 0 Å². The molecule has 1 aliphatic heterocycles. The Morgan fingerprint density at radius 3 is 2.78 bits per heavy atom. The third kappa shape index (κ3) is 1.84. The topological polar surface area (TPSA) is 46.5 Å². The quantitative estimate of drug-likeness (QED) is 0.779. The van der Waals surface area contributed by atoms with E-state index in [2.05, 4.69) is 0 Å². The number of cyclic esters (lactones) is 1. The highest BCUT2D eigenvalue weighted by atomic mass is 16.5. The van der Waals surface area contributed by atoms with Crippen LogP contribution in [0.4, 0.5) is 0 Å². The standard InChI is InChI=1S/C15H12O3/c16-12-6-3-5-11(8-12)14-9-10-4-1-2-7-13(10)15(17)18-14/h1-8,14,16H,9H2. The van der Waals surface area contributed by atoms with E-state index in [0.29, 0.717) is 12.0 Å². The maximum atomic E-state index is 11.9. The Morgan fingerprint density at radius 1 is 1.11 bits per heavy atom. The Kier molecular flexibility index (Phi) is 2.52. The van der Waals surface area contributed by atoms with E-state index >= 15 is 0 Å². The highest BCUT2D eigenvalue weighted by molar-refractivity contribution is 5.92. The fourth-order valence-corrected chi connectivity index (χ4v) is 2.24. The average molecular weight is 240 g/mol. The lowest BCUT2D eigenvalue weighted by Crippen LogP contribution is -2.21. The number of aromatic hydroxyl groups is 1. The number of benzene rings is 2. The number of phenols is 1. The van der Waals surface area contributed by atoms with Gasteiger partial charge in [0, 0.05) is 6.42 Å². The number of phenolic OH excluding ortho intramolecular Hbond substituents is 1. The van der Waals surface area contributed by atoms with Gasteiger partial charge in [0.15, 0.2) is 0 Å². The first kappa shape index (κ1) is 10.8. The van der Waals surface area contributed by atoms with Crippen LogP contribution in [0.2, 0.25) is 0 Å². The summed E-state index contributed by atoms with van der Waals surface area (Å²) in [4.78, 5) is 11.9. The Labute approximate surface area is 105 Å². The largest absolute Gasteiger partial charge is 0.508 e. The van der Waals surface area contributed by atoms with Crippen molar-refractivity contribution in [2.45, 2.75) is 12.5 Å². The van der Waals surface area contributed by atoms with E-state index in [0.717, 1.165) is 11.1 Å². The number of rotatable bonds is 1. The monoisotopic (exact) mass is 240 g/mol. The summed E-state index contributed by atoms with van der Waals surface area (Å²) in [6, 6.07) is 14.3. The van der Waals surface area contributed by atoms with E-state index in [1.54, 1.807) is 24.3 Å². The summed E-state index contributed by atoms with van der Waals surface area (Å²) in [5, 5.41) is 9.46. The summed E-state index contributed by atoms with van der Waals surface area (Å²) in [6.07, 6.45) is 0.324. The molecule has 1 N–H and O–H groups in total. The second-order valence-corrected chi connectivity index (χ2v) is 4.35. The molecule has 0 radical (unpaired) electrons. The first-order valence-corrected chi connectivity index (χ1v) is 5.82. The maximum absolute atomic E-state index is 11.9. The van der Waals surface area contributed by atoms with Gasteiger partial charge >= 0.3 is 5.97 Å². The molecule has 1 heterocycles. The second-order valence-electron chi connectivity index (χ2n) is 4.35. The fraction of sp³-hybridized carbons (Fsp3) is 0.133. The average Bonchev–Trinajstić information content (AvgIpc) is 2.39. The number of fused-ring (bicyclic) bond motifs is 1. The van der Waals surface area contributed by atoms with E-state index < -0.39 is 0 Å². The van der Waals surface area contributed by atoms with Gasteiger partial charge in [0.1, 0.15) is 11.9 Å². The molecule has 0 fully saturated rings. The minimum absolute atomic E-state index is 0.183. The van der Waals surface area contributed by atoms with E-state index in [1.165, 1.54) is 0 Å². The van der Waals surface area contributed by atoms with Gasteiger partial charge in [-0.2, -0.15) is 0 Å². The van der Waals surface area contributed by atoms with Crippen LogP contribution < -0.4 is 0 Å². The molecule has 1 unspecified atom stereocenters. The van der Waals surface area contributed by atoms with Crippen molar-refractivity contribution in [1.82, 2.24) is 0 Å². The first-order chi connectivity index (χ1) is 8.74. The van der Waals surface area contributed by atoms with E-state index in [9.17, 15) is 9.90 Å². The lowest BCUT2D eigenvalue weighted by atomic mass is 9.95. The molecule has 90 valence electrons. The number of carbonyl (C=O) groups is 1. The Morgan fingerprint density at radius 2 is 1.94 bits per heavy atom. The highest BCUT2D eigenvalue weighted by Gasteiger charge is 2.27. The zero-order valence-corrected chi connectivity index (χ0v) is 9.67. The highest BCUT2D eigenvalue weighted by Crippen LogP contribution is 2.31. The molecule has 0 bridgehead atoms. The lowest BCUT2D eigenvalue weighted by molar-refractivity contribution is 0.0252. The first-order valence-electron chi connectivity index (χ1n) is 5.82. The minimum Gasteiger partial charge on any atom is -0.508 e. The normalized spacial score (nSPS) is 18.0. The third-order valence-electron chi connectivity index (χ3n) is 3.13. The van der Waals surface area contributed by atoms with Crippen LogP contribution in [0.15, 0.2) is 48.5 Å². The molecule has 3 nitrogen and oxygen atoms in total. The van der Waals surface area contributed by atoms with Gasteiger partial charge in [0.25, 0.3) is 0 Å². The summed E-state index contributed by atoms with van der Waals surface area (Å²) in [7, 11) is 0. The van der Waals surface area contributed by atoms with Gasteiger partial charge in [0.05, 0.1) is 5.56 Å². The van der Waals surface area contributed by atoms with Gasteiger partial charge in [-0.05, 0) is 29.3 Å². The third-order valence-corrected chi connectivity index (χ3v) is 3.13. The predicted octanol–water partition coefficient (Wildman–Crippen LogP) is 2.85. The van der Waals surface area contributed by atoms with E-state index in [-0.39, 0.29) is 17.8 Å². The van der Waals surface area contributed by atoms with Crippen LogP contribution in [0.3, 0.4) is 0 Å². The van der Waals surface area contributed by atoms with E-state index in [4.69, 9.17) is 4.74 Å². The Balaban J connectivity index is 1.97. The SMILES string of the molecule is O=C1OC(c2cccc(O)c2)Cc2ccccc21. The zero-order valence-electron chi connectivity index (χ0n) is 9.67. The van der Waals surface area contributed by atoms with Gasteiger partial charge in [-0.25, -0.2) is 4.79 Å². The minimum atomic E-state index is -0.320. The summed E-state index contributed by atoms with van der Waals surface area (Å²) >= 11 is 0. The van der Waals surface area contributed by atoms with Gasteiger partial charge in [-0.3, -0.25) is 0 Å². The molecule has 0 aliphatic carbocycles. The number of hydrogen-bond acceptors (Lipinski definition) is 3. The van der Waals surface area contributed by atoms with Crippen LogP contribution >= 0.6 is 0 Å². The van der Waals surface area contributed by atoms with E-state index in [1.807, 2.05) is 24.3 Å². The van der Waals surface area contributed by atoms with Crippen LogP contribution in [0.1, 0.15) is 27.6 Å². The number of ether oxygens (including phenoxy) is 1. The van der Waals surface area contributed by atoms with Gasteiger partial charge in [-0.15, -0.1) is 0 Å². The fourth-order valence-electron chi connectivity index (χ4n) is 2.24. The van der Waals surface area contributed by atoms with Crippen molar-refractivity contribution in [3.63, 3.8) is 0 Å². The second kappa shape index (κ2) is 4.18. The molecule has 1 aliphatic rings. The maximum Gasteiger partial charge on any atom is 0.339 e. The number of carbonyl (C=O) groups excluding carboxylic acids is 1. The van der Waals surface area contributed by atoms with Crippen molar-refractivity contribution < 1.29 is 14.6 Å². The van der Waals surface area contributed by atoms with Crippen LogP contribution in [-0.4, -0.2) is 11.1 Å². The van der Waals surface area contributed by atoms with Crippen LogP contribution in [-0.2, 0) is 11.2 Å². The van der Waals surface area contributed by atoms with Crippen LogP contribution in [0.25, 0.3) is 0 Å². The molecular weight excluding hydrogens is 228 g/mol. The molecule has 0 amide bonds. The molecule has 18 heavy (non-hydrogen) atoms. The molecule has 0 saturated heterocycles. The van der Waals surface area contributed by atoms with Crippen LogP contribution in [0, 0.1) is 0 Å². The molecule has 1 atom stereocenters. The molecule has 0 saturated carbocycles. The van der Waals surface area contributed by atoms with Gasteiger partial charge in [-0.1, -0.05) is 30.3 Å². The van der Waals surface area contributed by atoms with Crippen molar-refractivity contribution in [2.24, 2.45) is 0 Å². The molecule has 3 rings (SSSR count). The molecule has 2 aromatic carbocycles. The van der Waals surface area contributed by atoms with Crippen molar-refractivity contribution in [3.8, 4) is 5.75 Å². The summed E-state index contributed by atoms with van der Waals surface area (Å²) < 4.78 is 5.40.